The van der Waals surface area contributed by atoms with Crippen LogP contribution in [0.15, 0.2) is 87.7 Å². The van der Waals surface area contributed by atoms with Crippen molar-refractivity contribution in [3.05, 3.63) is 78.5 Å². The van der Waals surface area contributed by atoms with Gasteiger partial charge in [0, 0.05) is 122 Å². The minimum Gasteiger partial charge on any atom is -0.468 e. The molecule has 6 rings (SSSR count). The number of amides is 4. The third kappa shape index (κ3) is 35.3. The number of aryl methyl sites for hydroxylation is 1. The number of carbonyl (C=O) groups excluding carboxylic acids is 10. The molecule has 0 bridgehead atoms. The number of aliphatic imine (C=N–C) groups is 1. The van der Waals surface area contributed by atoms with Gasteiger partial charge in [-0.2, -0.15) is 9.82 Å². The van der Waals surface area contributed by atoms with Gasteiger partial charge in [0.1, 0.15) is 46.1 Å². The molecule has 0 spiro atoms. The van der Waals surface area contributed by atoms with Crippen molar-refractivity contribution < 1.29 is 93.2 Å². The molecule has 0 unspecified atom stereocenters. The van der Waals surface area contributed by atoms with Crippen molar-refractivity contribution >= 4 is 96.4 Å². The number of nitrogens with zero attached hydrogens (tertiary/aromatic N) is 7. The molecule has 1 fully saturated rings. The van der Waals surface area contributed by atoms with Gasteiger partial charge >= 0.3 is 35.8 Å². The molecular weight excluding hydrogens is 1540 g/mol. The third-order valence-corrected chi connectivity index (χ3v) is 20.2. The zero-order chi connectivity index (χ0) is 86.0. The number of nitrogens with one attached hydrogen (secondary N) is 8. The molecule has 1 aromatic heterocycles. The Labute approximate surface area is 681 Å². The lowest BCUT2D eigenvalue weighted by molar-refractivity contribution is -0.158. The van der Waals surface area contributed by atoms with Crippen LogP contribution in [0.4, 0.5) is 0 Å². The zero-order valence-corrected chi connectivity index (χ0v) is 71.6. The Morgan fingerprint density at radius 2 is 0.957 bits per heavy atom. The van der Waals surface area contributed by atoms with Crippen molar-refractivity contribution in [1.29, 1.82) is 0 Å². The first-order chi connectivity index (χ1) is 54.1. The fraction of sp³-hybridized carbons (Fsp3) is 0.620. The Hall–Kier alpha value is -9.24. The van der Waals surface area contributed by atoms with Gasteiger partial charge in [-0.3, -0.25) is 77.2 Å². The molecule has 116 heavy (non-hydrogen) atoms. The van der Waals surface area contributed by atoms with E-state index >= 15 is 0 Å². The number of guanidine groups is 1. The lowest BCUT2D eigenvalue weighted by atomic mass is 10.1. The van der Waals surface area contributed by atoms with Crippen molar-refractivity contribution in [3.63, 3.8) is 0 Å². The molecule has 35 nitrogen and oxygen atoms in total. The molecule has 4 amide bonds. The van der Waals surface area contributed by atoms with Crippen LogP contribution in [0.2, 0.25) is 0 Å². The van der Waals surface area contributed by atoms with Crippen LogP contribution in [0.3, 0.4) is 0 Å². The van der Waals surface area contributed by atoms with E-state index in [4.69, 9.17) is 28.4 Å². The molecule has 4 aromatic rings. The largest absolute Gasteiger partial charge is 0.468 e. The summed E-state index contributed by atoms with van der Waals surface area (Å²) in [5, 5.41) is 22.3. The van der Waals surface area contributed by atoms with Crippen molar-refractivity contribution in [1.82, 2.24) is 70.7 Å². The van der Waals surface area contributed by atoms with E-state index in [1.54, 1.807) is 133 Å². The fourth-order valence-electron chi connectivity index (χ4n) is 12.0. The van der Waals surface area contributed by atoms with E-state index < -0.39 is 132 Å². The van der Waals surface area contributed by atoms with Crippen molar-refractivity contribution in [3.8, 4) is 11.1 Å². The number of benzene rings is 3. The van der Waals surface area contributed by atoms with Crippen LogP contribution in [0.5, 0.6) is 0 Å². The summed E-state index contributed by atoms with van der Waals surface area (Å²) in [4.78, 5) is 148. The van der Waals surface area contributed by atoms with E-state index in [9.17, 15) is 64.8 Å². The van der Waals surface area contributed by atoms with Gasteiger partial charge in [0.2, 0.25) is 37.8 Å². The molecule has 0 aliphatic carbocycles. The number of hydrogen-bond acceptors (Lipinski definition) is 28. The molecule has 3 atom stereocenters. The highest BCUT2D eigenvalue weighted by Crippen LogP contribution is 2.25. The highest BCUT2D eigenvalue weighted by Gasteiger charge is 2.34. The summed E-state index contributed by atoms with van der Waals surface area (Å²) < 4.78 is 94.5. The number of carbonyl (C=O) groups is 10. The topological polar surface area (TPSA) is 434 Å². The van der Waals surface area contributed by atoms with E-state index in [0.717, 1.165) is 44.5 Å². The van der Waals surface area contributed by atoms with Gasteiger partial charge in [-0.1, -0.05) is 24.3 Å². The third-order valence-electron chi connectivity index (χ3n) is 17.3. The molecule has 2 aliphatic heterocycles. The SMILES string of the molecule is COC(=O)[C@H](CNC(=O)c1ccc2c(cnn2CCCNC2=NCCCN2)c1)NS(=O)(=O)c1ccc(-c2ccc(S(=O)(=O)NCCNC(=O)[C@H](CCC(=O)OC(C)(C)C)NC(=O)[C@H](CCC(=O)OC(C)(C)C)NC(=O)CN3CCN(CC(=O)OC(C)(C)C)CCN(CC(=O)OC(C)(C)C)CCN(CC(=O)OC(C)(C)C)CC3)cc2)cc1. The molecule has 644 valence electrons. The molecule has 1 saturated heterocycles. The van der Waals surface area contributed by atoms with Crippen molar-refractivity contribution in [2.75, 3.05) is 125 Å². The second-order valence-corrected chi connectivity index (χ2v) is 36.9. The summed E-state index contributed by atoms with van der Waals surface area (Å²) in [5.74, 6) is -6.13. The Balaban J connectivity index is 1.11. The van der Waals surface area contributed by atoms with Crippen molar-refractivity contribution in [2.24, 2.45) is 4.99 Å². The molecule has 0 saturated carbocycles. The quantitative estimate of drug-likeness (QED) is 0.0186. The van der Waals surface area contributed by atoms with Gasteiger partial charge in [-0.25, -0.2) is 21.6 Å². The van der Waals surface area contributed by atoms with Gasteiger partial charge in [0.25, 0.3) is 5.91 Å². The fourth-order valence-corrected chi connectivity index (χ4v) is 14.3. The maximum atomic E-state index is 14.7. The maximum Gasteiger partial charge on any atom is 0.325 e. The van der Waals surface area contributed by atoms with E-state index in [1.165, 1.54) is 48.5 Å². The monoisotopic (exact) mass is 1660 g/mol. The number of methoxy groups -OCH3 is 1. The van der Waals surface area contributed by atoms with Crippen LogP contribution in [-0.4, -0.2) is 283 Å². The van der Waals surface area contributed by atoms with E-state index in [2.05, 4.69) is 51.4 Å². The lowest BCUT2D eigenvalue weighted by Gasteiger charge is -2.34. The molecular formula is C79H121N15O20S2. The number of fused-ring (bicyclic) bond motifs is 1. The molecule has 2 aliphatic rings. The predicted octanol–water partition coefficient (Wildman–Crippen LogP) is 3.14. The summed E-state index contributed by atoms with van der Waals surface area (Å²) >= 11 is 0. The summed E-state index contributed by atoms with van der Waals surface area (Å²) in [5.41, 5.74) is -2.21. The normalized spacial score (nSPS) is 15.8. The van der Waals surface area contributed by atoms with Crippen LogP contribution >= 0.6 is 0 Å². The second kappa shape index (κ2) is 43.3. The summed E-state index contributed by atoms with van der Waals surface area (Å²) in [6.07, 6.45) is 1.97. The van der Waals surface area contributed by atoms with Crippen LogP contribution < -0.4 is 41.3 Å². The molecule has 3 aromatic carbocycles. The van der Waals surface area contributed by atoms with Crippen LogP contribution in [0.25, 0.3) is 22.0 Å². The standard InChI is InChI=1S/C79H121N15O20S2/c1-75(2,3)110-65(96)31-28-60(88-72(103)61(29-32-66(97)111-76(4,5)6)87-64(95)50-90-39-41-91(51-67(98)112-77(7,8)9)43-45-93(53-69(100)114-79(13,14)15)46-44-92(42-40-90)52-68(99)113-78(10,11)12)71(102)80-36-37-86-115(105,106)58-24-19-54(20-25-58)55-21-26-59(27-22-55)116(107,108)89-62(73(104)109-16)49-84-70(101)56-23-30-63-57(47-56)48-85-94(63)38-18-35-83-74-81-33-17-34-82-74/h19-27,30,47-48,60-62,86,89H,17-18,28-29,31-46,49-53H2,1-16H3,(H,80,102)(H,84,101)(H,87,95)(H,88,103)(H2,81,82,83)/t60-,61-,62-/m0/s1. The summed E-state index contributed by atoms with van der Waals surface area (Å²) in [6.45, 7) is 28.5. The number of esters is 6. The number of ether oxygens (including phenoxy) is 6. The molecule has 3 heterocycles. The van der Waals surface area contributed by atoms with E-state index in [-0.39, 0.29) is 133 Å². The van der Waals surface area contributed by atoms with Crippen LogP contribution in [0.1, 0.15) is 153 Å². The van der Waals surface area contributed by atoms with Gasteiger partial charge < -0.3 is 60.3 Å². The summed E-state index contributed by atoms with van der Waals surface area (Å²) in [7, 11) is -7.60. The highest BCUT2D eigenvalue weighted by atomic mass is 32.2. The van der Waals surface area contributed by atoms with Crippen LogP contribution in [0, 0.1) is 0 Å². The predicted molar refractivity (Wildman–Crippen MR) is 433 cm³/mol. The maximum absolute atomic E-state index is 14.7. The van der Waals surface area contributed by atoms with Crippen molar-refractivity contribution in [2.45, 2.75) is 205 Å². The number of aromatic nitrogens is 2. The van der Waals surface area contributed by atoms with E-state index in [0.29, 0.717) is 29.6 Å². The number of rotatable bonds is 35. The van der Waals surface area contributed by atoms with Gasteiger partial charge in [-0.15, -0.1) is 0 Å². The van der Waals surface area contributed by atoms with Gasteiger partial charge in [-0.05, 0) is 183 Å². The highest BCUT2D eigenvalue weighted by molar-refractivity contribution is 7.89. The number of sulfonamides is 2. The first-order valence-corrected chi connectivity index (χ1v) is 42.0. The molecule has 8 N–H and O–H groups in total. The Bertz CT molecular complexity index is 4230. The zero-order valence-electron chi connectivity index (χ0n) is 69.9. The first-order valence-electron chi connectivity index (χ1n) is 39.0. The van der Waals surface area contributed by atoms with E-state index in [1.807, 2.05) is 19.4 Å². The molecule has 0 radical (unpaired) electrons. The first kappa shape index (κ1) is 95.6. The lowest BCUT2D eigenvalue weighted by Crippen LogP contribution is -2.56. The van der Waals surface area contributed by atoms with Crippen LogP contribution in [-0.2, 0) is 98.2 Å². The Morgan fingerprint density at radius 1 is 0.509 bits per heavy atom. The molecule has 37 heteroatoms. The number of hydrogen-bond donors (Lipinski definition) is 8. The minimum absolute atomic E-state index is 0.0858. The average molecular weight is 1670 g/mol. The second-order valence-electron chi connectivity index (χ2n) is 33.4. The Kier molecular flexibility index (Phi) is 35.7. The smallest absolute Gasteiger partial charge is 0.325 e. The Morgan fingerprint density at radius 3 is 1.41 bits per heavy atom. The minimum atomic E-state index is -4.41. The summed E-state index contributed by atoms with van der Waals surface area (Å²) in [6, 6.07) is 11.6. The van der Waals surface area contributed by atoms with Gasteiger partial charge in [0.15, 0.2) is 5.96 Å². The van der Waals surface area contributed by atoms with Gasteiger partial charge in [0.05, 0.1) is 54.8 Å². The average Bonchev–Trinajstić information content (AvgIpc) is 1.38.